The summed E-state index contributed by atoms with van der Waals surface area (Å²) in [7, 11) is 1.57. The van der Waals surface area contributed by atoms with Crippen LogP contribution in [0, 0.1) is 6.85 Å². The summed E-state index contributed by atoms with van der Waals surface area (Å²) in [6, 6.07) is 10.7. The highest BCUT2D eigenvalue weighted by molar-refractivity contribution is 5.88. The summed E-state index contributed by atoms with van der Waals surface area (Å²) in [6.45, 7) is -0.110. The van der Waals surface area contributed by atoms with Gasteiger partial charge in [-0.1, -0.05) is 12.1 Å². The molecule has 2 aliphatic heterocycles. The highest BCUT2D eigenvalue weighted by atomic mass is 16.5. The van der Waals surface area contributed by atoms with Crippen LogP contribution in [0.5, 0.6) is 5.75 Å². The van der Waals surface area contributed by atoms with Gasteiger partial charge in [-0.25, -0.2) is 4.79 Å². The van der Waals surface area contributed by atoms with E-state index in [1.807, 2.05) is 18.2 Å². The Labute approximate surface area is 192 Å². The highest BCUT2D eigenvalue weighted by Gasteiger charge is 2.43. The molecule has 1 spiro atoms. The molecule has 1 aromatic heterocycles. The topological polar surface area (TPSA) is 74.8 Å². The van der Waals surface area contributed by atoms with E-state index in [4.69, 9.17) is 13.6 Å². The van der Waals surface area contributed by atoms with Gasteiger partial charge in [0.25, 0.3) is 0 Å². The van der Waals surface area contributed by atoms with Crippen molar-refractivity contribution in [3.63, 3.8) is 0 Å². The molecule has 2 fully saturated rings. The molecule has 6 nitrogen and oxygen atoms in total. The number of aromatic nitrogens is 1. The first kappa shape index (κ1) is 17.7. The molecule has 0 saturated carbocycles. The standard InChI is InChI=1S/C26H30N2O4/c1-17-14-23(31-2)21(20-8-11-27-24(17)20)16-28-12-10-26(9-3-13-32-26)15-22(28)18-4-6-19(7-5-18)25(29)30/h4-8,11,14,22,27H,3,9-10,12-13,15-16H2,1-2H3,(H,29,30)/i1D3. The predicted molar refractivity (Wildman–Crippen MR) is 123 cm³/mol. The molecule has 2 aliphatic rings. The number of aryl methyl sites for hydroxylation is 1. The fourth-order valence-electron chi connectivity index (χ4n) is 5.38. The molecule has 0 bridgehead atoms. The summed E-state index contributed by atoms with van der Waals surface area (Å²) in [6.07, 6.45) is 5.60. The van der Waals surface area contributed by atoms with Crippen LogP contribution in [0.4, 0.5) is 0 Å². The first-order valence-corrected chi connectivity index (χ1v) is 11.1. The lowest BCUT2D eigenvalue weighted by Crippen LogP contribution is -2.45. The second kappa shape index (κ2) is 8.26. The Morgan fingerprint density at radius 2 is 2.19 bits per heavy atom. The number of ether oxygens (including phenoxy) is 2. The van der Waals surface area contributed by atoms with Crippen LogP contribution in [0.1, 0.15) is 62.9 Å². The largest absolute Gasteiger partial charge is 0.496 e. The van der Waals surface area contributed by atoms with Gasteiger partial charge in [0.15, 0.2) is 0 Å². The minimum absolute atomic E-state index is 0.0330. The van der Waals surface area contributed by atoms with Crippen molar-refractivity contribution in [1.82, 2.24) is 9.88 Å². The lowest BCUT2D eigenvalue weighted by Gasteiger charge is -2.45. The van der Waals surface area contributed by atoms with E-state index in [9.17, 15) is 9.90 Å². The van der Waals surface area contributed by atoms with Gasteiger partial charge < -0.3 is 19.6 Å². The third kappa shape index (κ3) is 3.67. The van der Waals surface area contributed by atoms with Crippen molar-refractivity contribution in [2.75, 3.05) is 20.3 Å². The maximum atomic E-state index is 11.4. The van der Waals surface area contributed by atoms with E-state index >= 15 is 0 Å². The van der Waals surface area contributed by atoms with E-state index in [1.165, 1.54) is 0 Å². The zero-order valence-corrected chi connectivity index (χ0v) is 18.2. The number of H-pyrrole nitrogens is 1. The van der Waals surface area contributed by atoms with Crippen LogP contribution in [-0.4, -0.2) is 46.8 Å². The molecule has 0 amide bonds. The SMILES string of the molecule is [2H]C([2H])([2H])c1cc(OC)c(CN2CCC3(CCCO3)CC2c2ccc(C(=O)O)cc2)c2cc[nH]c12. The molecule has 2 unspecified atom stereocenters. The molecular formula is C26H30N2O4. The molecule has 0 radical (unpaired) electrons. The maximum absolute atomic E-state index is 11.4. The average Bonchev–Trinajstić information content (AvgIpc) is 3.50. The Morgan fingerprint density at radius 1 is 1.34 bits per heavy atom. The molecule has 2 saturated heterocycles. The third-order valence-electron chi connectivity index (χ3n) is 7.08. The van der Waals surface area contributed by atoms with Gasteiger partial charge in [0.05, 0.1) is 18.3 Å². The number of hydrogen-bond donors (Lipinski definition) is 2. The molecule has 2 N–H and O–H groups in total. The van der Waals surface area contributed by atoms with Gasteiger partial charge >= 0.3 is 5.97 Å². The molecular weight excluding hydrogens is 404 g/mol. The zero-order valence-electron chi connectivity index (χ0n) is 21.2. The molecule has 2 aromatic carbocycles. The summed E-state index contributed by atoms with van der Waals surface area (Å²) >= 11 is 0. The summed E-state index contributed by atoms with van der Waals surface area (Å²) in [5, 5.41) is 10.2. The molecule has 2 atom stereocenters. The average molecular weight is 438 g/mol. The van der Waals surface area contributed by atoms with Crippen molar-refractivity contribution < 1.29 is 23.5 Å². The maximum Gasteiger partial charge on any atom is 0.335 e. The second-order valence-corrected chi connectivity index (χ2v) is 8.87. The van der Waals surface area contributed by atoms with Gasteiger partial charge in [0.1, 0.15) is 5.75 Å². The number of likely N-dealkylation sites (tertiary alicyclic amines) is 1. The monoisotopic (exact) mass is 437 g/mol. The van der Waals surface area contributed by atoms with Crippen LogP contribution < -0.4 is 4.74 Å². The quantitative estimate of drug-likeness (QED) is 0.583. The van der Waals surface area contributed by atoms with Gasteiger partial charge in [-0.2, -0.15) is 0 Å². The van der Waals surface area contributed by atoms with Gasteiger partial charge in [-0.3, -0.25) is 4.90 Å². The molecule has 168 valence electrons. The van der Waals surface area contributed by atoms with Gasteiger partial charge in [0, 0.05) is 52.5 Å². The van der Waals surface area contributed by atoms with Crippen molar-refractivity contribution >= 4 is 16.9 Å². The fraction of sp³-hybridized carbons (Fsp3) is 0.423. The first-order valence-electron chi connectivity index (χ1n) is 12.6. The molecule has 3 heterocycles. The minimum Gasteiger partial charge on any atom is -0.496 e. The van der Waals surface area contributed by atoms with E-state index in [1.54, 1.807) is 31.5 Å². The number of aromatic carboxylic acids is 1. The highest BCUT2D eigenvalue weighted by Crippen LogP contribution is 2.45. The predicted octanol–water partition coefficient (Wildman–Crippen LogP) is 5.07. The number of benzene rings is 2. The lowest BCUT2D eigenvalue weighted by atomic mass is 9.81. The van der Waals surface area contributed by atoms with E-state index in [2.05, 4.69) is 9.88 Å². The van der Waals surface area contributed by atoms with Crippen LogP contribution >= 0.6 is 0 Å². The summed E-state index contributed by atoms with van der Waals surface area (Å²) in [5.41, 5.74) is 2.95. The number of aromatic amines is 1. The van der Waals surface area contributed by atoms with Crippen LogP contribution in [0.3, 0.4) is 0 Å². The Morgan fingerprint density at radius 3 is 2.88 bits per heavy atom. The van der Waals surface area contributed by atoms with E-state index in [-0.39, 0.29) is 22.8 Å². The molecule has 3 aromatic rings. The molecule has 5 rings (SSSR count). The first-order chi connectivity index (χ1) is 16.7. The number of carboxylic acid groups (broad SMARTS) is 1. The van der Waals surface area contributed by atoms with Crippen molar-refractivity contribution in [3.05, 3.63) is 64.8 Å². The van der Waals surface area contributed by atoms with Crippen molar-refractivity contribution in [3.8, 4) is 5.75 Å². The van der Waals surface area contributed by atoms with Gasteiger partial charge in [-0.05, 0) is 67.9 Å². The number of nitrogens with zero attached hydrogens (tertiary/aromatic N) is 1. The number of rotatable bonds is 5. The van der Waals surface area contributed by atoms with Gasteiger partial charge in [0.2, 0.25) is 0 Å². The Hall–Kier alpha value is -2.83. The zero-order chi connectivity index (χ0) is 24.8. The van der Waals surface area contributed by atoms with E-state index in [0.29, 0.717) is 17.8 Å². The number of hydrogen-bond acceptors (Lipinski definition) is 4. The normalized spacial score (nSPS) is 25.5. The van der Waals surface area contributed by atoms with E-state index in [0.717, 1.165) is 55.3 Å². The van der Waals surface area contributed by atoms with Crippen molar-refractivity contribution in [2.24, 2.45) is 0 Å². The number of fused-ring (bicyclic) bond motifs is 1. The number of carbonyl (C=O) groups is 1. The van der Waals surface area contributed by atoms with E-state index < -0.39 is 12.8 Å². The fourth-order valence-corrected chi connectivity index (χ4v) is 5.38. The van der Waals surface area contributed by atoms with Crippen LogP contribution in [-0.2, 0) is 11.3 Å². The van der Waals surface area contributed by atoms with Crippen molar-refractivity contribution in [2.45, 2.75) is 50.7 Å². The minimum atomic E-state index is -2.26. The Balaban J connectivity index is 1.54. The molecule has 6 heteroatoms. The van der Waals surface area contributed by atoms with Gasteiger partial charge in [-0.15, -0.1) is 0 Å². The number of nitrogens with one attached hydrogen (secondary N) is 1. The summed E-state index contributed by atoms with van der Waals surface area (Å²) < 4.78 is 35.8. The van der Waals surface area contributed by atoms with Crippen LogP contribution in [0.15, 0.2) is 42.6 Å². The number of carboxylic acids is 1. The smallest absolute Gasteiger partial charge is 0.335 e. The lowest BCUT2D eigenvalue weighted by molar-refractivity contribution is -0.0676. The molecule has 0 aliphatic carbocycles. The summed E-state index contributed by atoms with van der Waals surface area (Å²) in [4.78, 5) is 16.9. The Kier molecular flexibility index (Phi) is 4.57. The van der Waals surface area contributed by atoms with Crippen molar-refractivity contribution in [1.29, 1.82) is 0 Å². The number of piperidine rings is 1. The van der Waals surface area contributed by atoms with Crippen LogP contribution in [0.2, 0.25) is 0 Å². The number of methoxy groups -OCH3 is 1. The second-order valence-electron chi connectivity index (χ2n) is 8.87. The Bertz CT molecular complexity index is 1230. The third-order valence-corrected chi connectivity index (χ3v) is 7.08. The molecule has 32 heavy (non-hydrogen) atoms. The van der Waals surface area contributed by atoms with Crippen LogP contribution in [0.25, 0.3) is 10.9 Å². The summed E-state index contributed by atoms with van der Waals surface area (Å²) in [5.74, 6) is -0.387.